The van der Waals surface area contributed by atoms with Crippen molar-refractivity contribution < 1.29 is 9.53 Å². The molecule has 0 aliphatic carbocycles. The van der Waals surface area contributed by atoms with Crippen molar-refractivity contribution in [2.75, 3.05) is 18.5 Å². The Labute approximate surface area is 141 Å². The summed E-state index contributed by atoms with van der Waals surface area (Å²) in [5.74, 6) is 0.760. The highest BCUT2D eigenvalue weighted by Gasteiger charge is 2.17. The number of amides is 1. The van der Waals surface area contributed by atoms with E-state index in [9.17, 15) is 4.79 Å². The molecule has 0 aliphatic rings. The highest BCUT2D eigenvalue weighted by molar-refractivity contribution is 8.00. The van der Waals surface area contributed by atoms with E-state index < -0.39 is 0 Å². The van der Waals surface area contributed by atoms with Crippen molar-refractivity contribution in [1.82, 2.24) is 0 Å². The van der Waals surface area contributed by atoms with E-state index in [1.165, 1.54) is 0 Å². The van der Waals surface area contributed by atoms with Gasteiger partial charge >= 0.3 is 0 Å². The molecule has 0 saturated heterocycles. The highest BCUT2D eigenvalue weighted by Crippen LogP contribution is 2.26. The third-order valence-electron chi connectivity index (χ3n) is 3.19. The zero-order valence-electron chi connectivity index (χ0n) is 13.2. The van der Waals surface area contributed by atoms with Gasteiger partial charge in [-0.2, -0.15) is 0 Å². The molecule has 1 unspecified atom stereocenters. The molecule has 2 rings (SSSR count). The van der Waals surface area contributed by atoms with Gasteiger partial charge in [0.2, 0.25) is 5.91 Å². The normalized spacial score (nSPS) is 11.7. The van der Waals surface area contributed by atoms with Crippen LogP contribution in [-0.4, -0.2) is 24.3 Å². The van der Waals surface area contributed by atoms with E-state index in [0.717, 1.165) is 22.8 Å². The molecule has 0 bridgehead atoms. The molecule has 1 amide bonds. The molecule has 0 heterocycles. The number of hydrogen-bond acceptors (Lipinski definition) is 4. The molecule has 0 aromatic heterocycles. The van der Waals surface area contributed by atoms with Crippen molar-refractivity contribution >= 4 is 23.4 Å². The summed E-state index contributed by atoms with van der Waals surface area (Å²) in [5, 5.41) is 2.84. The number of carbonyl (C=O) groups excluding carboxylic acids is 1. The number of nitrogens with one attached hydrogen (secondary N) is 1. The summed E-state index contributed by atoms with van der Waals surface area (Å²) < 4.78 is 5.42. The molecule has 0 radical (unpaired) electrons. The highest BCUT2D eigenvalue weighted by atomic mass is 32.2. The van der Waals surface area contributed by atoms with Gasteiger partial charge in [0.1, 0.15) is 12.4 Å². The average Bonchev–Trinajstić information content (AvgIpc) is 2.60. The van der Waals surface area contributed by atoms with Crippen molar-refractivity contribution in [3.63, 3.8) is 0 Å². The number of thioether (sulfide) groups is 1. The quantitative estimate of drug-likeness (QED) is 0.727. The zero-order valence-corrected chi connectivity index (χ0v) is 14.0. The lowest BCUT2D eigenvalue weighted by molar-refractivity contribution is -0.115. The Morgan fingerprint density at radius 2 is 1.87 bits per heavy atom. The fraction of sp³-hybridized carbons (Fsp3) is 0.278. The topological polar surface area (TPSA) is 64.3 Å². The largest absolute Gasteiger partial charge is 0.492 e. The number of carbonyl (C=O) groups is 1. The summed E-state index contributed by atoms with van der Waals surface area (Å²) >= 11 is 1.58. The fourth-order valence-electron chi connectivity index (χ4n) is 2.02. The summed E-state index contributed by atoms with van der Waals surface area (Å²) in [6, 6.07) is 17.3. The molecule has 0 fully saturated rings. The smallest absolute Gasteiger partial charge is 0.237 e. The van der Waals surface area contributed by atoms with Crippen LogP contribution in [0.3, 0.4) is 0 Å². The lowest BCUT2D eigenvalue weighted by Crippen LogP contribution is -2.24. The summed E-state index contributed by atoms with van der Waals surface area (Å²) in [6.07, 6.45) is 0.767. The van der Waals surface area contributed by atoms with Crippen LogP contribution >= 0.6 is 11.8 Å². The Morgan fingerprint density at radius 3 is 2.48 bits per heavy atom. The fourth-order valence-corrected chi connectivity index (χ4v) is 3.00. The maximum absolute atomic E-state index is 12.4. The molecule has 2 aromatic carbocycles. The van der Waals surface area contributed by atoms with Crippen molar-refractivity contribution in [2.45, 2.75) is 23.5 Å². The predicted octanol–water partition coefficient (Wildman–Crippen LogP) is 3.53. The van der Waals surface area contributed by atoms with Gasteiger partial charge in [-0.25, -0.2) is 0 Å². The molecule has 3 N–H and O–H groups in total. The molecule has 1 atom stereocenters. The van der Waals surface area contributed by atoms with Gasteiger partial charge in [-0.05, 0) is 42.8 Å². The van der Waals surface area contributed by atoms with Gasteiger partial charge < -0.3 is 15.8 Å². The second kappa shape index (κ2) is 9.22. The molecular formula is C18H22N2O2S. The maximum Gasteiger partial charge on any atom is 0.237 e. The minimum atomic E-state index is -0.120. The first-order valence-electron chi connectivity index (χ1n) is 7.68. The van der Waals surface area contributed by atoms with Gasteiger partial charge in [-0.1, -0.05) is 25.1 Å². The molecule has 122 valence electrons. The summed E-state index contributed by atoms with van der Waals surface area (Å²) in [7, 11) is 0. The van der Waals surface area contributed by atoms with Crippen LogP contribution in [-0.2, 0) is 4.79 Å². The van der Waals surface area contributed by atoms with Crippen LogP contribution < -0.4 is 15.8 Å². The molecule has 2 aromatic rings. The van der Waals surface area contributed by atoms with E-state index in [1.807, 2.05) is 61.5 Å². The molecule has 0 aliphatic heterocycles. The summed E-state index contributed by atoms with van der Waals surface area (Å²) in [4.78, 5) is 13.5. The van der Waals surface area contributed by atoms with Gasteiger partial charge in [0.05, 0.1) is 5.25 Å². The number of rotatable bonds is 8. The van der Waals surface area contributed by atoms with Crippen LogP contribution in [0.1, 0.15) is 13.3 Å². The van der Waals surface area contributed by atoms with Crippen LogP contribution in [0.4, 0.5) is 5.69 Å². The lowest BCUT2D eigenvalue weighted by atomic mass is 10.2. The van der Waals surface area contributed by atoms with Gasteiger partial charge in [0, 0.05) is 17.1 Å². The molecule has 0 saturated carbocycles. The number of nitrogens with two attached hydrogens (primary N) is 1. The Bertz CT molecular complexity index is 602. The first kappa shape index (κ1) is 17.4. The van der Waals surface area contributed by atoms with Gasteiger partial charge in [-0.15, -0.1) is 11.8 Å². The molecule has 0 spiro atoms. The van der Waals surface area contributed by atoms with Crippen LogP contribution in [0, 0.1) is 0 Å². The van der Waals surface area contributed by atoms with Gasteiger partial charge in [0.25, 0.3) is 0 Å². The van der Waals surface area contributed by atoms with Gasteiger partial charge in [-0.3, -0.25) is 4.79 Å². The summed E-state index contributed by atoms with van der Waals surface area (Å²) in [6.45, 7) is 2.98. The number of ether oxygens (including phenoxy) is 1. The third kappa shape index (κ3) is 5.62. The van der Waals surface area contributed by atoms with E-state index in [1.54, 1.807) is 11.8 Å². The van der Waals surface area contributed by atoms with Crippen LogP contribution in [0.5, 0.6) is 5.75 Å². The average molecular weight is 330 g/mol. The van der Waals surface area contributed by atoms with E-state index >= 15 is 0 Å². The van der Waals surface area contributed by atoms with E-state index in [0.29, 0.717) is 13.2 Å². The Morgan fingerprint density at radius 1 is 1.17 bits per heavy atom. The Hall–Kier alpha value is -1.98. The van der Waals surface area contributed by atoms with Crippen molar-refractivity contribution in [1.29, 1.82) is 0 Å². The summed E-state index contributed by atoms with van der Waals surface area (Å²) in [5.41, 5.74) is 6.17. The maximum atomic E-state index is 12.4. The number of benzene rings is 2. The molecule has 4 nitrogen and oxygen atoms in total. The van der Waals surface area contributed by atoms with Crippen LogP contribution in [0.25, 0.3) is 0 Å². The van der Waals surface area contributed by atoms with Crippen molar-refractivity contribution in [3.05, 3.63) is 54.6 Å². The monoisotopic (exact) mass is 330 g/mol. The zero-order chi connectivity index (χ0) is 16.5. The predicted molar refractivity (Wildman–Crippen MR) is 96.0 cm³/mol. The number of anilines is 1. The first-order valence-corrected chi connectivity index (χ1v) is 8.56. The van der Waals surface area contributed by atoms with E-state index in [2.05, 4.69) is 5.32 Å². The van der Waals surface area contributed by atoms with Crippen LogP contribution in [0.15, 0.2) is 59.5 Å². The first-order chi connectivity index (χ1) is 11.2. The van der Waals surface area contributed by atoms with Gasteiger partial charge in [0.15, 0.2) is 0 Å². The minimum absolute atomic E-state index is 0.0111. The Balaban J connectivity index is 1.93. The van der Waals surface area contributed by atoms with Crippen molar-refractivity contribution in [3.8, 4) is 5.75 Å². The second-order valence-electron chi connectivity index (χ2n) is 4.98. The van der Waals surface area contributed by atoms with E-state index in [-0.39, 0.29) is 11.2 Å². The molecule has 23 heavy (non-hydrogen) atoms. The Kier molecular flexibility index (Phi) is 6.97. The lowest BCUT2D eigenvalue weighted by Gasteiger charge is -2.15. The van der Waals surface area contributed by atoms with Crippen molar-refractivity contribution in [2.24, 2.45) is 5.73 Å². The number of hydrogen-bond donors (Lipinski definition) is 2. The SMILES string of the molecule is CCC(Sc1ccccc1)C(=O)Nc1ccc(OCCN)cc1. The molecular weight excluding hydrogens is 308 g/mol. The third-order valence-corrected chi connectivity index (χ3v) is 4.57. The van der Waals surface area contributed by atoms with E-state index in [4.69, 9.17) is 10.5 Å². The standard InChI is InChI=1S/C18H22N2O2S/c1-2-17(23-16-6-4-3-5-7-16)18(21)20-14-8-10-15(11-9-14)22-13-12-19/h3-11,17H,2,12-13,19H2,1H3,(H,20,21). The minimum Gasteiger partial charge on any atom is -0.492 e. The van der Waals surface area contributed by atoms with Crippen LogP contribution in [0.2, 0.25) is 0 Å². The second-order valence-corrected chi connectivity index (χ2v) is 6.25. The molecule has 5 heteroatoms.